The second-order valence-corrected chi connectivity index (χ2v) is 2.82. The zero-order valence-electron chi connectivity index (χ0n) is 7.91. The van der Waals surface area contributed by atoms with E-state index in [1.165, 1.54) is 0 Å². The number of carbonyl (C=O) groups is 2. The Morgan fingerprint density at radius 2 is 1.92 bits per heavy atom. The van der Waals surface area contributed by atoms with E-state index in [4.69, 9.17) is 10.8 Å². The Bertz CT molecular complexity index is 194. The van der Waals surface area contributed by atoms with Gasteiger partial charge in [-0.1, -0.05) is 13.8 Å². The molecule has 0 aromatic rings. The van der Waals surface area contributed by atoms with Gasteiger partial charge in [-0.3, -0.25) is 4.79 Å². The number of carbonyl (C=O) groups excluding carboxylic acids is 1. The number of aliphatic carboxylic acids is 1. The van der Waals surface area contributed by atoms with Crippen molar-refractivity contribution >= 4 is 11.9 Å². The van der Waals surface area contributed by atoms with Crippen molar-refractivity contribution in [2.75, 3.05) is 0 Å². The van der Waals surface area contributed by atoms with Crippen LogP contribution in [-0.2, 0) is 9.59 Å². The molecule has 0 aliphatic carbocycles. The zero-order chi connectivity index (χ0) is 10.4. The molecular formula is C8H16N2O3. The highest BCUT2D eigenvalue weighted by molar-refractivity contribution is 5.86. The van der Waals surface area contributed by atoms with Gasteiger partial charge in [-0.15, -0.1) is 0 Å². The van der Waals surface area contributed by atoms with Crippen LogP contribution in [0.5, 0.6) is 0 Å². The number of carboxylic acids is 1. The molecule has 1 amide bonds. The van der Waals surface area contributed by atoms with Gasteiger partial charge in [-0.25, -0.2) is 4.79 Å². The third-order valence-corrected chi connectivity index (χ3v) is 1.80. The lowest BCUT2D eigenvalue weighted by Crippen LogP contribution is -2.47. The van der Waals surface area contributed by atoms with Crippen LogP contribution < -0.4 is 11.1 Å². The smallest absolute Gasteiger partial charge is 0.326 e. The van der Waals surface area contributed by atoms with Crippen molar-refractivity contribution in [3.8, 4) is 0 Å². The molecule has 0 aromatic heterocycles. The molecule has 4 N–H and O–H groups in total. The highest BCUT2D eigenvalue weighted by Crippen LogP contribution is 1.93. The molecule has 0 rings (SSSR count). The number of rotatable bonds is 5. The van der Waals surface area contributed by atoms with Crippen molar-refractivity contribution in [2.24, 2.45) is 5.73 Å². The molecule has 76 valence electrons. The minimum Gasteiger partial charge on any atom is -0.480 e. The minimum atomic E-state index is -1.03. The molecule has 5 heteroatoms. The van der Waals surface area contributed by atoms with Crippen LogP contribution in [-0.4, -0.2) is 29.1 Å². The first kappa shape index (κ1) is 11.9. The predicted octanol–water partition coefficient (Wildman–Crippen LogP) is -0.297. The topological polar surface area (TPSA) is 92.4 Å². The summed E-state index contributed by atoms with van der Waals surface area (Å²) in [6.07, 6.45) is 0.861. The van der Waals surface area contributed by atoms with Crippen LogP contribution in [0.25, 0.3) is 0 Å². The van der Waals surface area contributed by atoms with E-state index in [1.54, 1.807) is 13.8 Å². The van der Waals surface area contributed by atoms with Gasteiger partial charge >= 0.3 is 5.97 Å². The van der Waals surface area contributed by atoms with Gasteiger partial charge in [-0.2, -0.15) is 0 Å². The maximum Gasteiger partial charge on any atom is 0.326 e. The first-order chi connectivity index (χ1) is 6.02. The highest BCUT2D eigenvalue weighted by Gasteiger charge is 2.20. The van der Waals surface area contributed by atoms with Crippen LogP contribution in [0.15, 0.2) is 0 Å². The average molecular weight is 188 g/mol. The van der Waals surface area contributed by atoms with Crippen molar-refractivity contribution in [1.82, 2.24) is 5.32 Å². The molecular weight excluding hydrogens is 172 g/mol. The maximum absolute atomic E-state index is 11.1. The molecule has 2 atom stereocenters. The normalized spacial score (nSPS) is 14.7. The van der Waals surface area contributed by atoms with Gasteiger partial charge in [0, 0.05) is 0 Å². The van der Waals surface area contributed by atoms with Crippen LogP contribution in [0, 0.1) is 0 Å². The lowest BCUT2D eigenvalue weighted by Gasteiger charge is -2.15. The number of nitrogens with one attached hydrogen (secondary N) is 1. The minimum absolute atomic E-state index is 0.359. The van der Waals surface area contributed by atoms with Crippen molar-refractivity contribution in [1.29, 1.82) is 0 Å². The van der Waals surface area contributed by atoms with E-state index in [0.29, 0.717) is 12.8 Å². The zero-order valence-corrected chi connectivity index (χ0v) is 7.91. The van der Waals surface area contributed by atoms with Crippen LogP contribution in [0.2, 0.25) is 0 Å². The Morgan fingerprint density at radius 1 is 1.38 bits per heavy atom. The molecule has 0 aromatic carbocycles. The monoisotopic (exact) mass is 188 g/mol. The summed E-state index contributed by atoms with van der Waals surface area (Å²) in [5.74, 6) is -1.43. The molecule has 0 fully saturated rings. The average Bonchev–Trinajstić information content (AvgIpc) is 2.11. The van der Waals surface area contributed by atoms with Crippen LogP contribution >= 0.6 is 0 Å². The second kappa shape index (κ2) is 5.53. The quantitative estimate of drug-likeness (QED) is 0.552. The summed E-state index contributed by atoms with van der Waals surface area (Å²) in [4.78, 5) is 21.7. The van der Waals surface area contributed by atoms with Gasteiger partial charge in [0.15, 0.2) is 0 Å². The highest BCUT2D eigenvalue weighted by atomic mass is 16.4. The molecule has 0 saturated carbocycles. The SMILES string of the molecule is CCC(NC(=O)[C@@H](N)CC)C(=O)O. The lowest BCUT2D eigenvalue weighted by atomic mass is 10.2. The lowest BCUT2D eigenvalue weighted by molar-refractivity contribution is -0.142. The Hall–Kier alpha value is -1.10. The van der Waals surface area contributed by atoms with E-state index in [1.807, 2.05) is 0 Å². The van der Waals surface area contributed by atoms with Crippen LogP contribution in [0.3, 0.4) is 0 Å². The van der Waals surface area contributed by atoms with Crippen molar-refractivity contribution in [3.05, 3.63) is 0 Å². The Labute approximate surface area is 77.3 Å². The second-order valence-electron chi connectivity index (χ2n) is 2.82. The maximum atomic E-state index is 11.1. The van der Waals surface area contributed by atoms with Gasteiger partial charge in [0.05, 0.1) is 6.04 Å². The largest absolute Gasteiger partial charge is 0.480 e. The van der Waals surface area contributed by atoms with E-state index in [-0.39, 0.29) is 0 Å². The summed E-state index contributed by atoms with van der Waals surface area (Å²) in [5, 5.41) is 11.0. The molecule has 0 bridgehead atoms. The van der Waals surface area contributed by atoms with Crippen molar-refractivity contribution in [3.63, 3.8) is 0 Å². The van der Waals surface area contributed by atoms with Crippen LogP contribution in [0.4, 0.5) is 0 Å². The number of carboxylic acid groups (broad SMARTS) is 1. The van der Waals surface area contributed by atoms with E-state index in [2.05, 4.69) is 5.32 Å². The van der Waals surface area contributed by atoms with Crippen LogP contribution in [0.1, 0.15) is 26.7 Å². The molecule has 1 unspecified atom stereocenters. The van der Waals surface area contributed by atoms with E-state index >= 15 is 0 Å². The fraction of sp³-hybridized carbons (Fsp3) is 0.750. The first-order valence-corrected chi connectivity index (χ1v) is 4.31. The molecule has 0 spiro atoms. The van der Waals surface area contributed by atoms with E-state index in [0.717, 1.165) is 0 Å². The molecule has 0 heterocycles. The number of hydrogen-bond donors (Lipinski definition) is 3. The Morgan fingerprint density at radius 3 is 2.23 bits per heavy atom. The van der Waals surface area contributed by atoms with Gasteiger partial charge in [0.1, 0.15) is 6.04 Å². The summed E-state index contributed by atoms with van der Waals surface area (Å²) in [5.41, 5.74) is 5.41. The molecule has 5 nitrogen and oxygen atoms in total. The summed E-state index contributed by atoms with van der Waals surface area (Å²) in [6.45, 7) is 3.46. The van der Waals surface area contributed by atoms with Gasteiger partial charge in [0.2, 0.25) is 5.91 Å². The fourth-order valence-electron chi connectivity index (χ4n) is 0.803. The summed E-state index contributed by atoms with van der Waals surface area (Å²) < 4.78 is 0. The molecule has 0 aliphatic rings. The predicted molar refractivity (Wildman–Crippen MR) is 48.1 cm³/mol. The van der Waals surface area contributed by atoms with Gasteiger partial charge in [0.25, 0.3) is 0 Å². The Balaban J connectivity index is 4.09. The fourth-order valence-corrected chi connectivity index (χ4v) is 0.803. The van der Waals surface area contributed by atoms with Gasteiger partial charge in [-0.05, 0) is 12.8 Å². The summed E-state index contributed by atoms with van der Waals surface area (Å²) in [6, 6.07) is -1.45. The van der Waals surface area contributed by atoms with E-state index < -0.39 is 24.0 Å². The standard InChI is InChI=1S/C8H16N2O3/c1-3-5(9)7(11)10-6(4-2)8(12)13/h5-6H,3-4,9H2,1-2H3,(H,10,11)(H,12,13)/t5-,6?/m0/s1. The first-order valence-electron chi connectivity index (χ1n) is 4.31. The summed E-state index contributed by atoms with van der Waals surface area (Å²) in [7, 11) is 0. The third kappa shape index (κ3) is 3.89. The van der Waals surface area contributed by atoms with E-state index in [9.17, 15) is 9.59 Å². The summed E-state index contributed by atoms with van der Waals surface area (Å²) >= 11 is 0. The van der Waals surface area contributed by atoms with Crippen molar-refractivity contribution in [2.45, 2.75) is 38.8 Å². The number of nitrogens with two attached hydrogens (primary N) is 1. The van der Waals surface area contributed by atoms with Gasteiger partial charge < -0.3 is 16.2 Å². The number of amides is 1. The van der Waals surface area contributed by atoms with Crippen molar-refractivity contribution < 1.29 is 14.7 Å². The molecule has 0 radical (unpaired) electrons. The third-order valence-electron chi connectivity index (χ3n) is 1.80. The molecule has 0 aliphatic heterocycles. The Kier molecular flexibility index (Phi) is 5.06. The number of hydrogen-bond acceptors (Lipinski definition) is 3. The molecule has 13 heavy (non-hydrogen) atoms. The molecule has 0 saturated heterocycles.